The molecule has 10 heavy (non-hydrogen) atoms. The minimum absolute atomic E-state index is 0. The zero-order valence-corrected chi connectivity index (χ0v) is 9.51. The van der Waals surface area contributed by atoms with Gasteiger partial charge in [-0.1, -0.05) is 13.8 Å². The Hall–Kier alpha value is 1.02. The molecule has 57 valence electrons. The van der Waals surface area contributed by atoms with Crippen molar-refractivity contribution in [2.45, 2.75) is 19.9 Å². The second kappa shape index (κ2) is 5.65. The molecule has 0 bridgehead atoms. The second-order valence-corrected chi connectivity index (χ2v) is 2.56. The molecule has 1 saturated heterocycles. The Morgan fingerprint density at radius 3 is 2.10 bits per heavy atom. The average molecular weight is 215 g/mol. The van der Waals surface area contributed by atoms with E-state index in [-0.39, 0.29) is 32.7 Å². The van der Waals surface area contributed by atoms with Gasteiger partial charge in [-0.2, -0.15) is 0 Å². The van der Waals surface area contributed by atoms with Gasteiger partial charge >= 0.3 is 0 Å². The van der Waals surface area contributed by atoms with Crippen molar-refractivity contribution in [3.8, 4) is 0 Å². The molecule has 0 atom stereocenters. The van der Waals surface area contributed by atoms with Gasteiger partial charge in [-0.15, -0.1) is 13.1 Å². The van der Waals surface area contributed by atoms with E-state index < -0.39 is 0 Å². The largest absolute Gasteiger partial charge is 0.601 e. The van der Waals surface area contributed by atoms with Crippen LogP contribution in [0.3, 0.4) is 0 Å². The molecular weight excluding hydrogens is 201 g/mol. The third-order valence-electron chi connectivity index (χ3n) is 1.49. The SMILES string of the molecule is CC(C)N1[CH-]CNC[CH-]1.[Y]. The van der Waals surface area contributed by atoms with Crippen LogP contribution in [0.25, 0.3) is 0 Å². The summed E-state index contributed by atoms with van der Waals surface area (Å²) in [5, 5.41) is 3.22. The molecule has 3 heteroatoms. The van der Waals surface area contributed by atoms with E-state index in [1.54, 1.807) is 0 Å². The second-order valence-electron chi connectivity index (χ2n) is 2.56. The van der Waals surface area contributed by atoms with Gasteiger partial charge in [-0.05, 0) is 6.04 Å². The van der Waals surface area contributed by atoms with Gasteiger partial charge in [0.15, 0.2) is 0 Å². The maximum atomic E-state index is 3.22. The predicted octanol–water partition coefficient (Wildman–Crippen LogP) is 0.621. The predicted molar refractivity (Wildman–Crippen MR) is 38.4 cm³/mol. The first-order valence-corrected chi connectivity index (χ1v) is 3.45. The van der Waals surface area contributed by atoms with Gasteiger partial charge < -0.3 is 10.2 Å². The van der Waals surface area contributed by atoms with Crippen molar-refractivity contribution < 1.29 is 32.7 Å². The van der Waals surface area contributed by atoms with E-state index in [0.717, 1.165) is 13.1 Å². The van der Waals surface area contributed by atoms with Crippen LogP contribution in [-0.4, -0.2) is 24.0 Å². The van der Waals surface area contributed by atoms with Crippen LogP contribution in [0, 0.1) is 13.1 Å². The van der Waals surface area contributed by atoms with Crippen LogP contribution in [0.2, 0.25) is 0 Å². The quantitative estimate of drug-likeness (QED) is 0.645. The van der Waals surface area contributed by atoms with Crippen molar-refractivity contribution >= 4 is 0 Å². The van der Waals surface area contributed by atoms with Gasteiger partial charge in [0.05, 0.1) is 0 Å². The average Bonchev–Trinajstić information content (AvgIpc) is 1.90. The van der Waals surface area contributed by atoms with Gasteiger partial charge in [-0.25, -0.2) is 0 Å². The first-order valence-electron chi connectivity index (χ1n) is 3.45. The van der Waals surface area contributed by atoms with Crippen LogP contribution in [0.5, 0.6) is 0 Å². The van der Waals surface area contributed by atoms with E-state index in [2.05, 4.69) is 37.2 Å². The zero-order valence-electron chi connectivity index (χ0n) is 6.67. The molecule has 0 aromatic heterocycles. The van der Waals surface area contributed by atoms with Crippen LogP contribution in [-0.2, 0) is 32.7 Å². The van der Waals surface area contributed by atoms with Gasteiger partial charge in [0, 0.05) is 32.7 Å². The summed E-state index contributed by atoms with van der Waals surface area (Å²) in [7, 11) is 0. The summed E-state index contributed by atoms with van der Waals surface area (Å²) in [4.78, 5) is 2.25. The van der Waals surface area contributed by atoms with Crippen molar-refractivity contribution in [2.75, 3.05) is 13.1 Å². The summed E-state index contributed by atoms with van der Waals surface area (Å²) in [6.07, 6.45) is 0. The molecule has 1 radical (unpaired) electrons. The Kier molecular flexibility index (Phi) is 6.22. The number of nitrogens with one attached hydrogen (secondary N) is 1. The molecule has 1 aliphatic heterocycles. The van der Waals surface area contributed by atoms with Gasteiger partial charge in [0.25, 0.3) is 0 Å². The number of nitrogens with zero attached hydrogens (tertiary/aromatic N) is 1. The van der Waals surface area contributed by atoms with E-state index in [9.17, 15) is 0 Å². The summed E-state index contributed by atoms with van der Waals surface area (Å²) in [5.74, 6) is 0. The molecule has 1 rings (SSSR count). The van der Waals surface area contributed by atoms with E-state index in [1.165, 1.54) is 0 Å². The number of hydrogen-bond donors (Lipinski definition) is 1. The van der Waals surface area contributed by atoms with E-state index in [1.807, 2.05) is 0 Å². The van der Waals surface area contributed by atoms with Crippen LogP contribution in [0.15, 0.2) is 0 Å². The van der Waals surface area contributed by atoms with E-state index >= 15 is 0 Å². The summed E-state index contributed by atoms with van der Waals surface area (Å²) >= 11 is 0. The molecule has 0 saturated carbocycles. The van der Waals surface area contributed by atoms with Crippen LogP contribution in [0.1, 0.15) is 13.8 Å². The van der Waals surface area contributed by atoms with Crippen molar-refractivity contribution in [1.29, 1.82) is 0 Å². The molecule has 0 amide bonds. The third kappa shape index (κ3) is 3.43. The molecule has 1 heterocycles. The first kappa shape index (κ1) is 11.0. The number of rotatable bonds is 1. The van der Waals surface area contributed by atoms with Crippen LogP contribution < -0.4 is 5.32 Å². The van der Waals surface area contributed by atoms with Crippen molar-refractivity contribution in [3.05, 3.63) is 13.1 Å². The summed E-state index contributed by atoms with van der Waals surface area (Å²) in [6, 6.07) is 0.618. The van der Waals surface area contributed by atoms with E-state index in [0.29, 0.717) is 6.04 Å². The summed E-state index contributed by atoms with van der Waals surface area (Å²) < 4.78 is 0. The number of piperazine rings is 1. The van der Waals surface area contributed by atoms with Gasteiger partial charge in [0.1, 0.15) is 0 Å². The smallest absolute Gasteiger partial charge is 0 e. The summed E-state index contributed by atoms with van der Waals surface area (Å²) in [5.41, 5.74) is 0. The molecule has 0 aromatic rings. The minimum atomic E-state index is 0. The minimum Gasteiger partial charge on any atom is -0.601 e. The Morgan fingerprint density at radius 2 is 1.80 bits per heavy atom. The molecule has 0 unspecified atom stereocenters. The first-order chi connectivity index (χ1) is 4.30. The Labute approximate surface area is 88.6 Å². The molecule has 1 aliphatic rings. The fraction of sp³-hybridized carbons (Fsp3) is 0.714. The fourth-order valence-electron chi connectivity index (χ4n) is 0.919. The molecule has 0 spiro atoms. The number of hydrogen-bond acceptors (Lipinski definition) is 2. The van der Waals surface area contributed by atoms with Crippen LogP contribution >= 0.6 is 0 Å². The fourth-order valence-corrected chi connectivity index (χ4v) is 0.919. The molecule has 0 aliphatic carbocycles. The Bertz CT molecular complexity index is 79.7. The molecule has 2 nitrogen and oxygen atoms in total. The van der Waals surface area contributed by atoms with Crippen molar-refractivity contribution in [2.24, 2.45) is 0 Å². The maximum absolute atomic E-state index is 3.22. The topological polar surface area (TPSA) is 15.3 Å². The molecule has 1 fully saturated rings. The standard InChI is InChI=1S/C7H14N2.Y/c1-7(2)9-5-3-8-4-6-9;/h5-8H,3-4H2,1-2H3;/q-2;. The monoisotopic (exact) mass is 215 g/mol. The third-order valence-corrected chi connectivity index (χ3v) is 1.49. The van der Waals surface area contributed by atoms with Gasteiger partial charge in [-0.3, -0.25) is 13.1 Å². The zero-order chi connectivity index (χ0) is 6.69. The van der Waals surface area contributed by atoms with Crippen molar-refractivity contribution in [1.82, 2.24) is 10.2 Å². The van der Waals surface area contributed by atoms with Crippen molar-refractivity contribution in [3.63, 3.8) is 0 Å². The Morgan fingerprint density at radius 1 is 1.30 bits per heavy atom. The molecule has 1 N–H and O–H groups in total. The summed E-state index contributed by atoms with van der Waals surface area (Å²) in [6.45, 7) is 10.8. The van der Waals surface area contributed by atoms with Crippen LogP contribution in [0.4, 0.5) is 0 Å². The maximum Gasteiger partial charge on any atom is 0 e. The molecular formula is C7H14N2Y-2. The van der Waals surface area contributed by atoms with Gasteiger partial charge in [0.2, 0.25) is 0 Å². The molecule has 0 aromatic carbocycles. The Balaban J connectivity index is 0.000000810. The van der Waals surface area contributed by atoms with E-state index in [4.69, 9.17) is 0 Å². The normalized spacial score (nSPS) is 20.7.